The van der Waals surface area contributed by atoms with Gasteiger partial charge in [0.1, 0.15) is 5.82 Å². The predicted molar refractivity (Wildman–Crippen MR) is 92.8 cm³/mol. The molecule has 4 rings (SSSR count). The second-order valence-electron chi connectivity index (χ2n) is 7.32. The normalized spacial score (nSPS) is 28.5. The van der Waals surface area contributed by atoms with E-state index in [0.717, 1.165) is 51.4 Å². The number of amides is 1. The number of aromatic nitrogens is 2. The van der Waals surface area contributed by atoms with Crippen molar-refractivity contribution in [1.29, 1.82) is 0 Å². The Morgan fingerprint density at radius 2 is 1.96 bits per heavy atom. The lowest BCUT2D eigenvalue weighted by atomic mass is 9.94. The highest BCUT2D eigenvalue weighted by atomic mass is 16.2. The molecule has 1 aromatic rings. The molecular formula is C18H27N5O. The van der Waals surface area contributed by atoms with Crippen LogP contribution in [-0.4, -0.2) is 71.0 Å². The van der Waals surface area contributed by atoms with Crippen molar-refractivity contribution in [3.05, 3.63) is 18.6 Å². The van der Waals surface area contributed by atoms with E-state index in [1.165, 1.54) is 25.8 Å². The molecule has 0 aromatic carbocycles. The Hall–Kier alpha value is -1.69. The molecule has 24 heavy (non-hydrogen) atoms. The van der Waals surface area contributed by atoms with Crippen LogP contribution in [0.1, 0.15) is 32.1 Å². The molecule has 0 N–H and O–H groups in total. The first-order valence-corrected chi connectivity index (χ1v) is 9.35. The average Bonchev–Trinajstić information content (AvgIpc) is 2.68. The van der Waals surface area contributed by atoms with Crippen LogP contribution in [0.5, 0.6) is 0 Å². The molecule has 0 aliphatic carbocycles. The summed E-state index contributed by atoms with van der Waals surface area (Å²) >= 11 is 0. The molecule has 3 aliphatic rings. The molecular weight excluding hydrogens is 302 g/mol. The monoisotopic (exact) mass is 329 g/mol. The molecule has 6 nitrogen and oxygen atoms in total. The van der Waals surface area contributed by atoms with Crippen molar-refractivity contribution in [2.24, 2.45) is 5.92 Å². The van der Waals surface area contributed by atoms with Crippen molar-refractivity contribution in [3.63, 3.8) is 0 Å². The minimum absolute atomic E-state index is 0.107. The Kier molecular flexibility index (Phi) is 4.65. The third kappa shape index (κ3) is 3.24. The van der Waals surface area contributed by atoms with Gasteiger partial charge in [-0.25, -0.2) is 4.98 Å². The highest BCUT2D eigenvalue weighted by molar-refractivity contribution is 5.80. The van der Waals surface area contributed by atoms with Crippen LogP contribution in [0.2, 0.25) is 0 Å². The molecule has 0 radical (unpaired) electrons. The second kappa shape index (κ2) is 7.05. The first-order valence-electron chi connectivity index (χ1n) is 9.35. The third-order valence-corrected chi connectivity index (χ3v) is 5.79. The van der Waals surface area contributed by atoms with Gasteiger partial charge in [0.05, 0.1) is 12.1 Å². The summed E-state index contributed by atoms with van der Waals surface area (Å²) in [5.74, 6) is 1.36. The first kappa shape index (κ1) is 15.8. The number of fused-ring (bicyclic) bond motifs is 1. The number of piperazine rings is 1. The standard InChI is InChI=1S/C18H27N5O/c24-18(23-11-10-21-8-2-1-5-16(21)14-23)15-4-3-9-22(13-15)17-12-19-6-7-20-17/h6-7,12,15-16H,1-5,8-11,13-14H2/t15-,16+/m0/s1. The van der Waals surface area contributed by atoms with Gasteiger partial charge in [0.25, 0.3) is 0 Å². The maximum atomic E-state index is 13.0. The van der Waals surface area contributed by atoms with Crippen molar-refractivity contribution in [1.82, 2.24) is 19.8 Å². The van der Waals surface area contributed by atoms with Gasteiger partial charge in [0.2, 0.25) is 5.91 Å². The second-order valence-corrected chi connectivity index (χ2v) is 7.32. The van der Waals surface area contributed by atoms with E-state index in [1.54, 1.807) is 18.6 Å². The lowest BCUT2D eigenvalue weighted by molar-refractivity contribution is -0.139. The fourth-order valence-corrected chi connectivity index (χ4v) is 4.46. The van der Waals surface area contributed by atoms with Crippen LogP contribution in [0, 0.1) is 5.92 Å². The SMILES string of the molecule is O=C([C@H]1CCCN(c2cnccn2)C1)N1CCN2CCCC[C@@H]2C1. The highest BCUT2D eigenvalue weighted by Gasteiger charge is 2.35. The van der Waals surface area contributed by atoms with Crippen LogP contribution in [0.4, 0.5) is 5.82 Å². The summed E-state index contributed by atoms with van der Waals surface area (Å²) in [7, 11) is 0. The molecule has 6 heteroatoms. The van der Waals surface area contributed by atoms with Crippen LogP contribution in [0.3, 0.4) is 0 Å². The highest BCUT2D eigenvalue weighted by Crippen LogP contribution is 2.26. The summed E-state index contributed by atoms with van der Waals surface area (Å²) in [6, 6.07) is 0.594. The summed E-state index contributed by atoms with van der Waals surface area (Å²) in [5, 5.41) is 0. The average molecular weight is 329 g/mol. The molecule has 1 amide bonds. The van der Waals surface area contributed by atoms with Crippen LogP contribution in [0.15, 0.2) is 18.6 Å². The van der Waals surface area contributed by atoms with E-state index in [1.807, 2.05) is 0 Å². The molecule has 0 saturated carbocycles. The molecule has 3 saturated heterocycles. The zero-order valence-electron chi connectivity index (χ0n) is 14.3. The number of hydrogen-bond donors (Lipinski definition) is 0. The molecule has 0 spiro atoms. The number of nitrogens with zero attached hydrogens (tertiary/aromatic N) is 5. The van der Waals surface area contributed by atoms with E-state index in [4.69, 9.17) is 0 Å². The lowest BCUT2D eigenvalue weighted by Gasteiger charge is -2.45. The minimum Gasteiger partial charge on any atom is -0.355 e. The Labute approximate surface area is 143 Å². The van der Waals surface area contributed by atoms with E-state index in [-0.39, 0.29) is 5.92 Å². The van der Waals surface area contributed by atoms with Crippen molar-refractivity contribution in [2.45, 2.75) is 38.1 Å². The number of anilines is 1. The van der Waals surface area contributed by atoms with Crippen molar-refractivity contribution in [3.8, 4) is 0 Å². The summed E-state index contributed by atoms with van der Waals surface area (Å²) in [4.78, 5) is 28.5. The molecule has 3 aliphatic heterocycles. The maximum absolute atomic E-state index is 13.0. The summed E-state index contributed by atoms with van der Waals surface area (Å²) in [6.45, 7) is 5.85. The molecule has 130 valence electrons. The van der Waals surface area contributed by atoms with E-state index < -0.39 is 0 Å². The number of hydrogen-bond acceptors (Lipinski definition) is 5. The minimum atomic E-state index is 0.107. The van der Waals surface area contributed by atoms with E-state index >= 15 is 0 Å². The van der Waals surface area contributed by atoms with Crippen LogP contribution < -0.4 is 4.90 Å². The van der Waals surface area contributed by atoms with Gasteiger partial charge in [-0.05, 0) is 32.2 Å². The fraction of sp³-hybridized carbons (Fsp3) is 0.722. The van der Waals surface area contributed by atoms with Gasteiger partial charge < -0.3 is 9.80 Å². The summed E-state index contributed by atoms with van der Waals surface area (Å²) in [6.07, 6.45) is 11.2. The molecule has 2 atom stereocenters. The van der Waals surface area contributed by atoms with Crippen molar-refractivity contribution >= 4 is 11.7 Å². The van der Waals surface area contributed by atoms with E-state index in [9.17, 15) is 4.79 Å². The topological polar surface area (TPSA) is 52.6 Å². The molecule has 3 fully saturated rings. The van der Waals surface area contributed by atoms with Gasteiger partial charge in [-0.2, -0.15) is 0 Å². The fourth-order valence-electron chi connectivity index (χ4n) is 4.46. The number of piperidine rings is 2. The third-order valence-electron chi connectivity index (χ3n) is 5.79. The zero-order chi connectivity index (χ0) is 16.4. The van der Waals surface area contributed by atoms with Gasteiger partial charge in [0, 0.05) is 51.2 Å². The Bertz CT molecular complexity index is 566. The van der Waals surface area contributed by atoms with Crippen LogP contribution >= 0.6 is 0 Å². The Morgan fingerprint density at radius 1 is 1.00 bits per heavy atom. The molecule has 0 unspecified atom stereocenters. The molecule has 4 heterocycles. The number of carbonyl (C=O) groups is 1. The van der Waals surface area contributed by atoms with Gasteiger partial charge in [-0.3, -0.25) is 14.7 Å². The first-order chi connectivity index (χ1) is 11.8. The van der Waals surface area contributed by atoms with E-state index in [2.05, 4.69) is 24.7 Å². The summed E-state index contributed by atoms with van der Waals surface area (Å²) < 4.78 is 0. The van der Waals surface area contributed by atoms with Crippen LogP contribution in [0.25, 0.3) is 0 Å². The Balaban J connectivity index is 1.39. The lowest BCUT2D eigenvalue weighted by Crippen LogP contribution is -2.58. The largest absolute Gasteiger partial charge is 0.355 e. The van der Waals surface area contributed by atoms with Gasteiger partial charge in [0.15, 0.2) is 0 Å². The molecule has 0 bridgehead atoms. The van der Waals surface area contributed by atoms with Gasteiger partial charge in [-0.15, -0.1) is 0 Å². The number of rotatable bonds is 2. The molecule has 1 aromatic heterocycles. The van der Waals surface area contributed by atoms with Crippen LogP contribution in [-0.2, 0) is 4.79 Å². The Morgan fingerprint density at radius 3 is 2.83 bits per heavy atom. The number of carbonyl (C=O) groups excluding carboxylic acids is 1. The van der Waals surface area contributed by atoms with Gasteiger partial charge in [-0.1, -0.05) is 6.42 Å². The zero-order valence-corrected chi connectivity index (χ0v) is 14.3. The smallest absolute Gasteiger partial charge is 0.227 e. The summed E-state index contributed by atoms with van der Waals surface area (Å²) in [5.41, 5.74) is 0. The van der Waals surface area contributed by atoms with Gasteiger partial charge >= 0.3 is 0 Å². The quantitative estimate of drug-likeness (QED) is 0.821. The predicted octanol–water partition coefficient (Wildman–Crippen LogP) is 1.39. The van der Waals surface area contributed by atoms with Crippen molar-refractivity contribution in [2.75, 3.05) is 44.2 Å². The van der Waals surface area contributed by atoms with Crippen molar-refractivity contribution < 1.29 is 4.79 Å². The maximum Gasteiger partial charge on any atom is 0.227 e. The van der Waals surface area contributed by atoms with E-state index in [0.29, 0.717) is 11.9 Å².